The van der Waals surface area contributed by atoms with Crippen LogP contribution in [0.1, 0.15) is 62.4 Å². The topological polar surface area (TPSA) is 106 Å². The van der Waals surface area contributed by atoms with Gasteiger partial charge >= 0.3 is 5.97 Å². The highest BCUT2D eigenvalue weighted by atomic mass is 35.5. The monoisotopic (exact) mass is 494 g/mol. The van der Waals surface area contributed by atoms with E-state index < -0.39 is 21.8 Å². The van der Waals surface area contributed by atoms with E-state index in [4.69, 9.17) is 11.6 Å². The smallest absolute Gasteiger partial charge is 0.304 e. The molecule has 0 bridgehead atoms. The number of rotatable bonds is 8. The van der Waals surface area contributed by atoms with Crippen molar-refractivity contribution < 1.29 is 18.3 Å². The van der Waals surface area contributed by atoms with Gasteiger partial charge in [-0.05, 0) is 51.3 Å². The third-order valence-corrected chi connectivity index (χ3v) is 7.21. The number of carbonyl (C=O) groups is 1. The van der Waals surface area contributed by atoms with Crippen LogP contribution in [0.15, 0.2) is 46.5 Å². The van der Waals surface area contributed by atoms with Crippen molar-refractivity contribution in [2.45, 2.75) is 63.4 Å². The van der Waals surface area contributed by atoms with E-state index in [-0.39, 0.29) is 17.2 Å². The fourth-order valence-electron chi connectivity index (χ4n) is 4.27. The van der Waals surface area contributed by atoms with E-state index in [2.05, 4.69) is 16.3 Å². The number of aromatic nitrogens is 1. The van der Waals surface area contributed by atoms with Gasteiger partial charge in [0.05, 0.1) is 16.8 Å². The highest BCUT2D eigenvalue weighted by Gasteiger charge is 2.33. The fourth-order valence-corrected chi connectivity index (χ4v) is 4.94. The van der Waals surface area contributed by atoms with Crippen LogP contribution in [0.5, 0.6) is 0 Å². The first-order valence-electron chi connectivity index (χ1n) is 10.7. The van der Waals surface area contributed by atoms with Gasteiger partial charge in [-0.2, -0.15) is 4.91 Å². The van der Waals surface area contributed by atoms with Crippen molar-refractivity contribution in [3.05, 3.63) is 58.2 Å². The third kappa shape index (κ3) is 5.92. The zero-order valence-corrected chi connectivity index (χ0v) is 21.0. The zero-order chi connectivity index (χ0) is 24.9. The van der Waals surface area contributed by atoms with E-state index in [1.54, 1.807) is 19.1 Å². The first-order valence-corrected chi connectivity index (χ1v) is 13.1. The van der Waals surface area contributed by atoms with E-state index in [9.17, 15) is 23.2 Å². The number of allylic oxidation sites excluding steroid dienone is 3. The number of alkyl halides is 1. The number of aliphatic carboxylic acids is 1. The van der Waals surface area contributed by atoms with E-state index in [1.165, 1.54) is 6.07 Å². The number of halogens is 1. The summed E-state index contributed by atoms with van der Waals surface area (Å²) in [6.07, 6.45) is 6.19. The van der Waals surface area contributed by atoms with E-state index in [0.717, 1.165) is 34.0 Å². The molecule has 0 radical (unpaired) electrons. The molecular weight excluding hydrogens is 464 g/mol. The van der Waals surface area contributed by atoms with Crippen molar-refractivity contribution in [3.8, 4) is 0 Å². The van der Waals surface area contributed by atoms with Crippen molar-refractivity contribution in [2.75, 3.05) is 12.1 Å². The van der Waals surface area contributed by atoms with Crippen LogP contribution in [0.25, 0.3) is 10.9 Å². The van der Waals surface area contributed by atoms with Gasteiger partial charge in [0.25, 0.3) is 0 Å². The van der Waals surface area contributed by atoms with Crippen molar-refractivity contribution in [1.82, 2.24) is 4.57 Å². The lowest BCUT2D eigenvalue weighted by molar-refractivity contribution is -0.137. The van der Waals surface area contributed by atoms with Gasteiger partial charge in [0.2, 0.25) is 0 Å². The summed E-state index contributed by atoms with van der Waals surface area (Å²) in [5.41, 5.74) is 4.36. The molecule has 1 aromatic carbocycles. The first kappa shape index (κ1) is 26.8. The second-order valence-corrected chi connectivity index (χ2v) is 10.6. The summed E-state index contributed by atoms with van der Waals surface area (Å²) in [6.45, 7) is 9.47. The van der Waals surface area contributed by atoms with Crippen LogP contribution in [0.3, 0.4) is 0 Å². The van der Waals surface area contributed by atoms with E-state index in [1.807, 2.05) is 19.9 Å². The van der Waals surface area contributed by atoms with Gasteiger partial charge in [-0.25, -0.2) is 8.42 Å². The lowest BCUT2D eigenvalue weighted by Crippen LogP contribution is -2.12. The Morgan fingerprint density at radius 1 is 1.42 bits per heavy atom. The minimum absolute atomic E-state index is 0.0218. The van der Waals surface area contributed by atoms with Crippen molar-refractivity contribution in [3.63, 3.8) is 0 Å². The molecule has 1 aromatic heterocycles. The van der Waals surface area contributed by atoms with Crippen LogP contribution in [0.4, 0.5) is 0 Å². The number of hydrogen-bond acceptors (Lipinski definition) is 5. The second kappa shape index (κ2) is 11.1. The molecule has 0 spiro atoms. The van der Waals surface area contributed by atoms with Crippen LogP contribution in [-0.4, -0.2) is 36.2 Å². The number of nitroso groups, excluding NO2 is 1. The van der Waals surface area contributed by atoms with Crippen LogP contribution in [0, 0.1) is 4.91 Å². The van der Waals surface area contributed by atoms with Gasteiger partial charge in [0.15, 0.2) is 9.84 Å². The van der Waals surface area contributed by atoms with Crippen molar-refractivity contribution in [1.29, 1.82) is 0 Å². The summed E-state index contributed by atoms with van der Waals surface area (Å²) < 4.78 is 26.6. The number of fused-ring (bicyclic) bond motifs is 3. The number of sulfone groups is 1. The largest absolute Gasteiger partial charge is 0.481 e. The molecule has 3 rings (SSSR count). The quantitative estimate of drug-likeness (QED) is 0.285. The molecule has 180 valence electrons. The van der Waals surface area contributed by atoms with Gasteiger partial charge in [-0.1, -0.05) is 22.9 Å². The van der Waals surface area contributed by atoms with E-state index in [0.29, 0.717) is 30.8 Å². The Morgan fingerprint density at radius 2 is 2.06 bits per heavy atom. The molecule has 2 aromatic rings. The van der Waals surface area contributed by atoms with Gasteiger partial charge in [0, 0.05) is 41.2 Å². The average Bonchev–Trinajstić information content (AvgIpc) is 3.30. The summed E-state index contributed by atoms with van der Waals surface area (Å²) >= 11 is 5.07. The maximum atomic E-state index is 12.3. The number of aryl methyl sites for hydroxylation is 1. The van der Waals surface area contributed by atoms with Gasteiger partial charge < -0.3 is 9.67 Å². The number of carboxylic acid groups (broad SMARTS) is 1. The lowest BCUT2D eigenvalue weighted by Gasteiger charge is -2.18. The van der Waals surface area contributed by atoms with Gasteiger partial charge in [-0.3, -0.25) is 4.79 Å². The highest BCUT2D eigenvalue weighted by molar-refractivity contribution is 7.90. The molecule has 0 saturated carbocycles. The summed E-state index contributed by atoms with van der Waals surface area (Å²) in [7, 11) is -3.49. The maximum absolute atomic E-state index is 12.3. The predicted octanol–water partition coefficient (Wildman–Crippen LogP) is 5.75. The molecule has 0 fully saturated rings. The molecule has 1 unspecified atom stereocenters. The van der Waals surface area contributed by atoms with Crippen molar-refractivity contribution in [2.24, 2.45) is 5.18 Å². The normalized spacial score (nSPS) is 16.6. The van der Waals surface area contributed by atoms with Gasteiger partial charge in [0.1, 0.15) is 6.04 Å². The Bertz CT molecular complexity index is 1200. The molecule has 1 aliphatic rings. The molecule has 0 amide bonds. The second-order valence-electron chi connectivity index (χ2n) is 8.32. The lowest BCUT2D eigenvalue weighted by atomic mass is 10.0. The Balaban J connectivity index is 0.000000890. The third-order valence-electron chi connectivity index (χ3n) is 5.90. The number of hydrogen-bond donors (Lipinski definition) is 1. The maximum Gasteiger partial charge on any atom is 0.304 e. The molecule has 9 heteroatoms. The Morgan fingerprint density at radius 3 is 2.55 bits per heavy atom. The van der Waals surface area contributed by atoms with Crippen LogP contribution >= 0.6 is 11.6 Å². The minimum atomic E-state index is -3.49. The predicted molar refractivity (Wildman–Crippen MR) is 133 cm³/mol. The Hall–Kier alpha value is -2.45. The fraction of sp³-hybridized carbons (Fsp3) is 0.458. The molecule has 0 saturated heterocycles. The van der Waals surface area contributed by atoms with Crippen LogP contribution in [0.2, 0.25) is 0 Å². The van der Waals surface area contributed by atoms with Crippen molar-refractivity contribution >= 4 is 38.3 Å². The number of carboxylic acids is 1. The first-order chi connectivity index (χ1) is 15.5. The van der Waals surface area contributed by atoms with Crippen LogP contribution in [-0.2, 0) is 27.6 Å². The summed E-state index contributed by atoms with van der Waals surface area (Å²) in [5, 5.41) is 13.3. The number of benzene rings is 1. The zero-order valence-electron chi connectivity index (χ0n) is 19.5. The molecule has 0 aliphatic heterocycles. The molecule has 1 N–H and O–H groups in total. The summed E-state index contributed by atoms with van der Waals surface area (Å²) in [6, 6.07) is 2.47. The molecular formula is C24H31ClN2O5S. The molecule has 2 atom stereocenters. The Labute approximate surface area is 200 Å². The highest BCUT2D eigenvalue weighted by Crippen LogP contribution is 2.45. The average molecular weight is 495 g/mol. The molecule has 1 aliphatic carbocycles. The molecule has 1 heterocycles. The summed E-state index contributed by atoms with van der Waals surface area (Å²) in [5.74, 6) is -0.448. The standard InChI is InChI=1S/C21H26N2O5S.C3H5Cl/c1-5-12(2)11-23-20-14(8-19(24)25)6-7-16(20)18-10-15(29(4,27)28)9-17(21(18)23)13(3)22-26;1-2-3-4/h5,9-10,13-14H,6-8,11H2,1-4H3,(H,24,25);2H,1,3H2/b12-5+;/t13?,14-;/m1./s1. The minimum Gasteiger partial charge on any atom is -0.481 e. The van der Waals surface area contributed by atoms with E-state index >= 15 is 0 Å². The van der Waals surface area contributed by atoms with Gasteiger partial charge in [-0.15, -0.1) is 18.2 Å². The van der Waals surface area contributed by atoms with Crippen LogP contribution < -0.4 is 0 Å². The SMILES string of the molecule is C/C=C(\C)Cn1c2c(c3cc(S(C)(=O)=O)cc(C(C)N=O)c31)CC[C@@H]2CC(=O)O.C=CCCl. The number of nitrogens with zero attached hydrogens (tertiary/aromatic N) is 2. The molecule has 7 nitrogen and oxygen atoms in total. The Kier molecular flexibility index (Phi) is 9.03. The molecule has 33 heavy (non-hydrogen) atoms. The summed E-state index contributed by atoms with van der Waals surface area (Å²) in [4.78, 5) is 23.0.